The standard InChI is InChI=1S/C10H12N2O4/c1-15-5-8(10(14)16-2)7-3-11-6-12-9(7)4-13/h3,5-6,13H,4H2,1-2H3/b8-5-. The van der Waals surface area contributed by atoms with Gasteiger partial charge in [0.05, 0.1) is 32.8 Å². The van der Waals surface area contributed by atoms with Crippen molar-refractivity contribution in [1.29, 1.82) is 0 Å². The summed E-state index contributed by atoms with van der Waals surface area (Å²) in [4.78, 5) is 19.1. The molecule has 0 fully saturated rings. The number of carbonyl (C=O) groups excluding carboxylic acids is 1. The summed E-state index contributed by atoms with van der Waals surface area (Å²) < 4.78 is 9.38. The first-order valence-electron chi connectivity index (χ1n) is 4.46. The normalized spacial score (nSPS) is 11.1. The summed E-state index contributed by atoms with van der Waals surface area (Å²) in [5.74, 6) is -0.577. The van der Waals surface area contributed by atoms with Gasteiger partial charge in [0.25, 0.3) is 0 Å². The lowest BCUT2D eigenvalue weighted by atomic mass is 10.1. The fourth-order valence-electron chi connectivity index (χ4n) is 1.16. The van der Waals surface area contributed by atoms with Crippen molar-refractivity contribution in [2.45, 2.75) is 6.61 Å². The predicted octanol–water partition coefficient (Wildman–Crippen LogP) is 0.129. The Hall–Kier alpha value is -1.95. The quantitative estimate of drug-likeness (QED) is 0.444. The van der Waals surface area contributed by atoms with Crippen LogP contribution in [0.1, 0.15) is 11.3 Å². The number of methoxy groups -OCH3 is 2. The Labute approximate surface area is 92.6 Å². The molecule has 0 aliphatic carbocycles. The number of hydrogen-bond donors (Lipinski definition) is 1. The molecule has 1 N–H and O–H groups in total. The van der Waals surface area contributed by atoms with Crippen LogP contribution in [0.2, 0.25) is 0 Å². The van der Waals surface area contributed by atoms with E-state index in [0.29, 0.717) is 11.3 Å². The number of rotatable bonds is 4. The number of nitrogens with zero attached hydrogens (tertiary/aromatic N) is 2. The van der Waals surface area contributed by atoms with Gasteiger partial charge in [-0.2, -0.15) is 0 Å². The summed E-state index contributed by atoms with van der Waals surface area (Å²) >= 11 is 0. The molecule has 0 spiro atoms. The minimum Gasteiger partial charge on any atom is -0.503 e. The Morgan fingerprint density at radius 3 is 2.88 bits per heavy atom. The Bertz CT molecular complexity index is 404. The molecular formula is C10H12N2O4. The first-order valence-corrected chi connectivity index (χ1v) is 4.46. The summed E-state index contributed by atoms with van der Waals surface area (Å²) in [6, 6.07) is 0. The highest BCUT2D eigenvalue weighted by Crippen LogP contribution is 2.18. The lowest BCUT2D eigenvalue weighted by Gasteiger charge is -2.07. The molecule has 0 aromatic carbocycles. The number of esters is 1. The van der Waals surface area contributed by atoms with Crippen LogP contribution in [0.5, 0.6) is 0 Å². The van der Waals surface area contributed by atoms with E-state index in [4.69, 9.17) is 9.84 Å². The number of aliphatic hydroxyl groups is 1. The monoisotopic (exact) mass is 224 g/mol. The van der Waals surface area contributed by atoms with Gasteiger partial charge in [0.15, 0.2) is 0 Å². The van der Waals surface area contributed by atoms with E-state index in [1.54, 1.807) is 0 Å². The molecule has 0 bridgehead atoms. The first-order chi connectivity index (χ1) is 7.74. The molecule has 1 aromatic heterocycles. The van der Waals surface area contributed by atoms with E-state index in [-0.39, 0.29) is 12.2 Å². The number of aliphatic hydroxyl groups excluding tert-OH is 1. The van der Waals surface area contributed by atoms with Crippen LogP contribution in [-0.2, 0) is 20.9 Å². The van der Waals surface area contributed by atoms with Crippen LogP contribution < -0.4 is 0 Å². The first kappa shape index (κ1) is 12.1. The topological polar surface area (TPSA) is 81.5 Å². The van der Waals surface area contributed by atoms with E-state index >= 15 is 0 Å². The van der Waals surface area contributed by atoms with Gasteiger partial charge in [-0.25, -0.2) is 14.8 Å². The van der Waals surface area contributed by atoms with Gasteiger partial charge >= 0.3 is 5.97 Å². The summed E-state index contributed by atoms with van der Waals surface area (Å²) in [5, 5.41) is 9.08. The van der Waals surface area contributed by atoms with Crippen molar-refractivity contribution in [3.05, 3.63) is 30.0 Å². The zero-order valence-electron chi connectivity index (χ0n) is 9.01. The zero-order chi connectivity index (χ0) is 12.0. The van der Waals surface area contributed by atoms with Crippen molar-refractivity contribution < 1.29 is 19.4 Å². The second-order valence-electron chi connectivity index (χ2n) is 2.80. The summed E-state index contributed by atoms with van der Waals surface area (Å²) in [6.45, 7) is -0.296. The molecule has 0 atom stereocenters. The molecule has 6 heteroatoms. The van der Waals surface area contributed by atoms with Gasteiger partial charge in [-0.1, -0.05) is 0 Å². The smallest absolute Gasteiger partial charge is 0.341 e. The van der Waals surface area contributed by atoms with Gasteiger partial charge in [0, 0.05) is 11.8 Å². The van der Waals surface area contributed by atoms with Gasteiger partial charge in [0.1, 0.15) is 11.9 Å². The molecular weight excluding hydrogens is 212 g/mol. The molecule has 86 valence electrons. The molecule has 1 heterocycles. The van der Waals surface area contributed by atoms with E-state index in [1.165, 1.54) is 33.0 Å². The zero-order valence-corrected chi connectivity index (χ0v) is 9.01. The van der Waals surface area contributed by atoms with Crippen LogP contribution >= 0.6 is 0 Å². The van der Waals surface area contributed by atoms with Gasteiger partial charge in [-0.15, -0.1) is 0 Å². The molecule has 0 amide bonds. The highest BCUT2D eigenvalue weighted by atomic mass is 16.5. The van der Waals surface area contributed by atoms with Crippen LogP contribution in [0.15, 0.2) is 18.8 Å². The summed E-state index contributed by atoms with van der Waals surface area (Å²) in [7, 11) is 2.67. The van der Waals surface area contributed by atoms with E-state index < -0.39 is 5.97 Å². The minimum absolute atomic E-state index is 0.162. The van der Waals surface area contributed by atoms with E-state index in [9.17, 15) is 4.79 Å². The average molecular weight is 224 g/mol. The lowest BCUT2D eigenvalue weighted by molar-refractivity contribution is -0.133. The molecule has 1 rings (SSSR count). The minimum atomic E-state index is -0.577. The molecule has 0 saturated heterocycles. The summed E-state index contributed by atoms with van der Waals surface area (Å²) in [5.41, 5.74) is 0.886. The third-order valence-corrected chi connectivity index (χ3v) is 1.88. The van der Waals surface area contributed by atoms with Crippen LogP contribution in [0.25, 0.3) is 5.57 Å². The van der Waals surface area contributed by atoms with Crippen molar-refractivity contribution in [1.82, 2.24) is 9.97 Å². The molecule has 0 aliphatic rings. The predicted molar refractivity (Wildman–Crippen MR) is 55.0 cm³/mol. The van der Waals surface area contributed by atoms with Crippen molar-refractivity contribution in [2.75, 3.05) is 14.2 Å². The Balaban J connectivity index is 3.21. The van der Waals surface area contributed by atoms with Crippen molar-refractivity contribution in [3.8, 4) is 0 Å². The fraction of sp³-hybridized carbons (Fsp3) is 0.300. The molecule has 6 nitrogen and oxygen atoms in total. The highest BCUT2D eigenvalue weighted by molar-refractivity contribution is 6.16. The van der Waals surface area contributed by atoms with Gasteiger partial charge in [0.2, 0.25) is 0 Å². The Morgan fingerprint density at radius 2 is 2.31 bits per heavy atom. The Morgan fingerprint density at radius 1 is 1.56 bits per heavy atom. The molecule has 0 saturated carbocycles. The number of hydrogen-bond acceptors (Lipinski definition) is 6. The average Bonchev–Trinajstić information content (AvgIpc) is 2.35. The van der Waals surface area contributed by atoms with E-state index in [0.717, 1.165) is 0 Å². The maximum Gasteiger partial charge on any atom is 0.341 e. The second kappa shape index (κ2) is 5.82. The van der Waals surface area contributed by atoms with E-state index in [2.05, 4.69) is 14.7 Å². The van der Waals surface area contributed by atoms with Crippen LogP contribution in [0, 0.1) is 0 Å². The van der Waals surface area contributed by atoms with Crippen LogP contribution in [-0.4, -0.2) is 35.3 Å². The number of carbonyl (C=O) groups is 1. The largest absolute Gasteiger partial charge is 0.503 e. The van der Waals surface area contributed by atoms with Crippen molar-refractivity contribution in [2.24, 2.45) is 0 Å². The van der Waals surface area contributed by atoms with E-state index in [1.807, 2.05) is 0 Å². The van der Waals surface area contributed by atoms with Gasteiger partial charge < -0.3 is 14.6 Å². The number of ether oxygens (including phenoxy) is 2. The third-order valence-electron chi connectivity index (χ3n) is 1.88. The Kier molecular flexibility index (Phi) is 4.41. The SMILES string of the molecule is CO/C=C(\C(=O)OC)c1cncnc1CO. The van der Waals surface area contributed by atoms with Crippen molar-refractivity contribution >= 4 is 11.5 Å². The molecule has 0 unspecified atom stereocenters. The molecule has 16 heavy (non-hydrogen) atoms. The fourth-order valence-corrected chi connectivity index (χ4v) is 1.16. The van der Waals surface area contributed by atoms with Crippen molar-refractivity contribution in [3.63, 3.8) is 0 Å². The highest BCUT2D eigenvalue weighted by Gasteiger charge is 2.17. The molecule has 0 aliphatic heterocycles. The van der Waals surface area contributed by atoms with Crippen LogP contribution in [0.3, 0.4) is 0 Å². The maximum atomic E-state index is 11.5. The lowest BCUT2D eigenvalue weighted by Crippen LogP contribution is -2.08. The second-order valence-corrected chi connectivity index (χ2v) is 2.80. The number of aromatic nitrogens is 2. The maximum absolute atomic E-state index is 11.5. The molecule has 1 aromatic rings. The third kappa shape index (κ3) is 2.54. The van der Waals surface area contributed by atoms with Crippen LogP contribution in [0.4, 0.5) is 0 Å². The molecule has 0 radical (unpaired) electrons. The van der Waals surface area contributed by atoms with Gasteiger partial charge in [-0.05, 0) is 0 Å². The van der Waals surface area contributed by atoms with Gasteiger partial charge in [-0.3, -0.25) is 0 Å². The summed E-state index contributed by atoms with van der Waals surface area (Å²) in [6.07, 6.45) is 3.93.